The van der Waals surface area contributed by atoms with Crippen LogP contribution in [0.3, 0.4) is 0 Å². The smallest absolute Gasteiger partial charge is 0.335 e. The molecule has 2 aromatic rings. The Morgan fingerprint density at radius 1 is 1.23 bits per heavy atom. The van der Waals surface area contributed by atoms with Gasteiger partial charge >= 0.3 is 5.97 Å². The van der Waals surface area contributed by atoms with Gasteiger partial charge in [0.05, 0.1) is 12.7 Å². The molecule has 2 amide bonds. The molecule has 1 heterocycles. The number of amides is 2. The number of nitrogens with zero attached hydrogens (tertiary/aromatic N) is 2. The number of amidine groups is 1. The highest BCUT2D eigenvalue weighted by Gasteiger charge is 2.35. The van der Waals surface area contributed by atoms with Crippen LogP contribution in [0.25, 0.3) is 0 Å². The first-order valence-corrected chi connectivity index (χ1v) is 10.1. The fourth-order valence-corrected chi connectivity index (χ4v) is 4.05. The quantitative estimate of drug-likeness (QED) is 0.732. The Balaban J connectivity index is 1.81. The number of thioether (sulfide) groups is 1. The number of carbonyl (C=O) groups is 3. The summed E-state index contributed by atoms with van der Waals surface area (Å²) in [6.07, 6.45) is 0.0441. The lowest BCUT2D eigenvalue weighted by Gasteiger charge is -2.31. The number of hydrogen-bond donors (Lipinski definition) is 2. The van der Waals surface area contributed by atoms with E-state index in [1.54, 1.807) is 24.1 Å². The second-order valence-electron chi connectivity index (χ2n) is 6.39. The van der Waals surface area contributed by atoms with Gasteiger partial charge in [-0.25, -0.2) is 9.79 Å². The third-order valence-electron chi connectivity index (χ3n) is 4.45. The Morgan fingerprint density at radius 2 is 1.93 bits per heavy atom. The summed E-state index contributed by atoms with van der Waals surface area (Å²) in [5, 5.41) is 11.5. The fraction of sp³-hybridized carbons (Fsp3) is 0.238. The zero-order chi connectivity index (χ0) is 21.7. The van der Waals surface area contributed by atoms with Gasteiger partial charge in [-0.3, -0.25) is 14.5 Å². The van der Waals surface area contributed by atoms with Crippen molar-refractivity contribution in [2.24, 2.45) is 4.99 Å². The van der Waals surface area contributed by atoms with Crippen molar-refractivity contribution >= 4 is 46.1 Å². The molecule has 1 fully saturated rings. The number of anilines is 1. The zero-order valence-electron chi connectivity index (χ0n) is 16.5. The molecule has 0 radical (unpaired) electrons. The van der Waals surface area contributed by atoms with Crippen molar-refractivity contribution in [1.29, 1.82) is 0 Å². The minimum atomic E-state index is -1.04. The van der Waals surface area contributed by atoms with Gasteiger partial charge in [0, 0.05) is 18.7 Å². The van der Waals surface area contributed by atoms with Crippen LogP contribution >= 0.6 is 11.8 Å². The summed E-state index contributed by atoms with van der Waals surface area (Å²) in [6.45, 7) is 2.28. The molecule has 1 aliphatic rings. The Bertz CT molecular complexity index is 990. The number of nitrogens with one attached hydrogen (secondary N) is 1. The molecule has 1 aliphatic heterocycles. The van der Waals surface area contributed by atoms with E-state index < -0.39 is 11.2 Å². The van der Waals surface area contributed by atoms with E-state index >= 15 is 0 Å². The van der Waals surface area contributed by atoms with Crippen molar-refractivity contribution in [3.63, 3.8) is 0 Å². The van der Waals surface area contributed by atoms with Crippen LogP contribution in [0.5, 0.6) is 5.75 Å². The molecule has 0 bridgehead atoms. The van der Waals surface area contributed by atoms with Crippen LogP contribution in [0.4, 0.5) is 11.4 Å². The lowest BCUT2D eigenvalue weighted by molar-refractivity contribution is -0.129. The SMILES string of the molecule is CCN1C(=O)C[C@H](C(=O)Nc2ccc(C(=O)O)cc2)SC1=Nc1ccccc1OC. The second-order valence-corrected chi connectivity index (χ2v) is 7.56. The molecule has 8 nitrogen and oxygen atoms in total. The molecular formula is C21H21N3O5S. The number of hydrogen-bond acceptors (Lipinski definition) is 6. The third kappa shape index (κ3) is 4.80. The number of para-hydroxylation sites is 2. The van der Waals surface area contributed by atoms with Crippen LogP contribution in [-0.2, 0) is 9.59 Å². The molecule has 2 N–H and O–H groups in total. The van der Waals surface area contributed by atoms with Gasteiger partial charge in [0.2, 0.25) is 11.8 Å². The molecule has 0 saturated carbocycles. The molecule has 0 spiro atoms. The number of carboxylic acids is 1. The molecule has 156 valence electrons. The van der Waals surface area contributed by atoms with E-state index in [4.69, 9.17) is 9.84 Å². The molecule has 3 rings (SSSR count). The Hall–Kier alpha value is -3.33. The highest BCUT2D eigenvalue weighted by molar-refractivity contribution is 8.15. The van der Waals surface area contributed by atoms with E-state index in [2.05, 4.69) is 10.3 Å². The van der Waals surface area contributed by atoms with E-state index in [9.17, 15) is 14.4 Å². The summed E-state index contributed by atoms with van der Waals surface area (Å²) in [7, 11) is 1.54. The average Bonchev–Trinajstić information content (AvgIpc) is 2.74. The summed E-state index contributed by atoms with van der Waals surface area (Å²) in [5.41, 5.74) is 1.15. The summed E-state index contributed by atoms with van der Waals surface area (Å²) in [6, 6.07) is 13.0. The lowest BCUT2D eigenvalue weighted by Crippen LogP contribution is -2.45. The highest BCUT2D eigenvalue weighted by atomic mass is 32.2. The predicted octanol–water partition coefficient (Wildman–Crippen LogP) is 3.37. The second kappa shape index (κ2) is 9.45. The van der Waals surface area contributed by atoms with E-state index in [1.807, 2.05) is 19.1 Å². The molecule has 30 heavy (non-hydrogen) atoms. The van der Waals surface area contributed by atoms with E-state index in [1.165, 1.54) is 36.0 Å². The molecule has 2 aromatic carbocycles. The van der Waals surface area contributed by atoms with Crippen LogP contribution in [0.15, 0.2) is 53.5 Å². The fourth-order valence-electron chi connectivity index (χ4n) is 2.90. The van der Waals surface area contributed by atoms with Gasteiger partial charge in [-0.2, -0.15) is 0 Å². The molecule has 1 saturated heterocycles. The average molecular weight is 427 g/mol. The molecule has 0 aromatic heterocycles. The van der Waals surface area contributed by atoms with Crippen molar-refractivity contribution in [3.05, 3.63) is 54.1 Å². The number of methoxy groups -OCH3 is 1. The Labute approximate surface area is 177 Å². The zero-order valence-corrected chi connectivity index (χ0v) is 17.3. The van der Waals surface area contributed by atoms with Gasteiger partial charge in [-0.1, -0.05) is 23.9 Å². The minimum Gasteiger partial charge on any atom is -0.494 e. The van der Waals surface area contributed by atoms with Crippen molar-refractivity contribution in [3.8, 4) is 5.75 Å². The first-order valence-electron chi connectivity index (χ1n) is 9.26. The van der Waals surface area contributed by atoms with Gasteiger partial charge < -0.3 is 15.2 Å². The minimum absolute atomic E-state index is 0.0441. The topological polar surface area (TPSA) is 108 Å². The van der Waals surface area contributed by atoms with E-state index in [-0.39, 0.29) is 23.8 Å². The number of rotatable bonds is 6. The number of ether oxygens (including phenoxy) is 1. The van der Waals surface area contributed by atoms with Gasteiger partial charge in [0.15, 0.2) is 5.17 Å². The number of benzene rings is 2. The number of carbonyl (C=O) groups excluding carboxylic acids is 2. The van der Waals surface area contributed by atoms with Gasteiger partial charge in [0.25, 0.3) is 0 Å². The molecule has 1 atom stereocenters. The maximum absolute atomic E-state index is 12.7. The maximum Gasteiger partial charge on any atom is 0.335 e. The largest absolute Gasteiger partial charge is 0.494 e. The van der Waals surface area contributed by atoms with E-state index in [0.29, 0.717) is 28.8 Å². The first kappa shape index (κ1) is 21.4. The van der Waals surface area contributed by atoms with Crippen molar-refractivity contribution in [2.45, 2.75) is 18.6 Å². The Morgan fingerprint density at radius 3 is 2.57 bits per heavy atom. The monoisotopic (exact) mass is 427 g/mol. The van der Waals surface area contributed by atoms with Gasteiger partial charge in [-0.05, 0) is 43.3 Å². The summed E-state index contributed by atoms with van der Waals surface area (Å²) in [5.74, 6) is -1.01. The number of carboxylic acid groups (broad SMARTS) is 1. The van der Waals surface area contributed by atoms with Crippen molar-refractivity contribution < 1.29 is 24.2 Å². The first-order chi connectivity index (χ1) is 14.4. The lowest BCUT2D eigenvalue weighted by atomic mass is 10.2. The maximum atomic E-state index is 12.7. The third-order valence-corrected chi connectivity index (χ3v) is 5.64. The van der Waals surface area contributed by atoms with Crippen molar-refractivity contribution in [1.82, 2.24) is 4.90 Å². The normalized spacial score (nSPS) is 17.7. The van der Waals surface area contributed by atoms with Crippen LogP contribution in [0, 0.1) is 0 Å². The standard InChI is InChI=1S/C21H21N3O5S/c1-3-24-18(25)12-17(19(26)22-14-10-8-13(9-11-14)20(27)28)30-21(24)23-15-6-4-5-7-16(15)29-2/h4-11,17H,3,12H2,1-2H3,(H,22,26)(H,27,28)/t17-/m1/s1. The molecule has 0 unspecified atom stereocenters. The molecule has 0 aliphatic carbocycles. The summed E-state index contributed by atoms with van der Waals surface area (Å²) >= 11 is 1.21. The molecule has 9 heteroatoms. The highest BCUT2D eigenvalue weighted by Crippen LogP contribution is 2.33. The van der Waals surface area contributed by atoms with Crippen LogP contribution in [-0.4, -0.2) is 51.9 Å². The van der Waals surface area contributed by atoms with Crippen LogP contribution in [0.1, 0.15) is 23.7 Å². The van der Waals surface area contributed by atoms with Crippen LogP contribution < -0.4 is 10.1 Å². The molecular weight excluding hydrogens is 406 g/mol. The van der Waals surface area contributed by atoms with E-state index in [0.717, 1.165) is 0 Å². The number of aliphatic imine (C=N–C) groups is 1. The summed E-state index contributed by atoms with van der Waals surface area (Å²) < 4.78 is 5.32. The van der Waals surface area contributed by atoms with Crippen LogP contribution in [0.2, 0.25) is 0 Å². The Kier molecular flexibility index (Phi) is 6.73. The number of aromatic carboxylic acids is 1. The van der Waals surface area contributed by atoms with Gasteiger partial charge in [0.1, 0.15) is 16.7 Å². The van der Waals surface area contributed by atoms with Gasteiger partial charge in [-0.15, -0.1) is 0 Å². The predicted molar refractivity (Wildman–Crippen MR) is 116 cm³/mol. The van der Waals surface area contributed by atoms with Crippen molar-refractivity contribution in [2.75, 3.05) is 19.0 Å². The summed E-state index contributed by atoms with van der Waals surface area (Å²) in [4.78, 5) is 42.4.